The van der Waals surface area contributed by atoms with Gasteiger partial charge in [0.15, 0.2) is 0 Å². The predicted octanol–water partition coefficient (Wildman–Crippen LogP) is 0.539. The number of hydrogen-bond donors (Lipinski definition) is 2. The van der Waals surface area contributed by atoms with Gasteiger partial charge in [-0.2, -0.15) is 0 Å². The molecule has 0 radical (unpaired) electrons. The first-order valence-electron chi connectivity index (χ1n) is 5.93. The summed E-state index contributed by atoms with van der Waals surface area (Å²) in [6.45, 7) is 2.80. The van der Waals surface area contributed by atoms with E-state index in [0.717, 1.165) is 5.56 Å². The molecule has 18 heavy (non-hydrogen) atoms. The fourth-order valence-corrected chi connectivity index (χ4v) is 2.21. The summed E-state index contributed by atoms with van der Waals surface area (Å²) in [6.07, 6.45) is -0.576. The third-order valence-electron chi connectivity index (χ3n) is 3.40. The number of aliphatic hydroxyl groups excluding tert-OH is 1. The Kier molecular flexibility index (Phi) is 3.63. The maximum atomic E-state index is 13.2. The van der Waals surface area contributed by atoms with Crippen LogP contribution in [0.1, 0.15) is 15.9 Å². The number of rotatable bonds is 2. The zero-order valence-electron chi connectivity index (χ0n) is 10.5. The van der Waals surface area contributed by atoms with Gasteiger partial charge in [-0.1, -0.05) is 6.07 Å². The smallest absolute Gasteiger partial charge is 0.254 e. The van der Waals surface area contributed by atoms with Gasteiger partial charge in [0.05, 0.1) is 12.1 Å². The Morgan fingerprint density at radius 2 is 2.22 bits per heavy atom. The van der Waals surface area contributed by atoms with Crippen molar-refractivity contribution in [1.29, 1.82) is 0 Å². The van der Waals surface area contributed by atoms with Crippen LogP contribution in [-0.4, -0.2) is 48.2 Å². The molecule has 1 amide bonds. The van der Waals surface area contributed by atoms with E-state index in [1.165, 1.54) is 17.0 Å². The van der Waals surface area contributed by atoms with Crippen molar-refractivity contribution in [3.05, 3.63) is 35.1 Å². The molecule has 0 aromatic heterocycles. The molecule has 1 aromatic carbocycles. The highest BCUT2D eigenvalue weighted by Crippen LogP contribution is 2.16. The fourth-order valence-electron chi connectivity index (χ4n) is 2.21. The normalized spacial score (nSPS) is 23.1. The SMILES string of the molecule is Cc1ccc(F)cc1C(=O)N(C)[C@H]1CNC[C@@H]1O. The first kappa shape index (κ1) is 13.0. The number of carbonyl (C=O) groups excluding carboxylic acids is 1. The van der Waals surface area contributed by atoms with E-state index < -0.39 is 11.9 Å². The Hall–Kier alpha value is -1.46. The highest BCUT2D eigenvalue weighted by atomic mass is 19.1. The van der Waals surface area contributed by atoms with E-state index in [1.54, 1.807) is 20.0 Å². The van der Waals surface area contributed by atoms with Crippen molar-refractivity contribution in [3.8, 4) is 0 Å². The molecule has 2 rings (SSSR count). The Morgan fingerprint density at radius 1 is 1.50 bits per heavy atom. The first-order chi connectivity index (χ1) is 8.50. The average molecular weight is 252 g/mol. The van der Waals surface area contributed by atoms with Crippen LogP contribution >= 0.6 is 0 Å². The lowest BCUT2D eigenvalue weighted by Crippen LogP contribution is -2.44. The number of nitrogens with one attached hydrogen (secondary N) is 1. The van der Waals surface area contributed by atoms with Crippen LogP contribution in [0.15, 0.2) is 18.2 Å². The van der Waals surface area contributed by atoms with Crippen LogP contribution < -0.4 is 5.32 Å². The van der Waals surface area contributed by atoms with E-state index in [1.807, 2.05) is 0 Å². The Bertz CT molecular complexity index is 464. The molecule has 1 saturated heterocycles. The molecule has 0 bridgehead atoms. The molecule has 0 saturated carbocycles. The molecule has 1 aromatic rings. The molecule has 5 heteroatoms. The van der Waals surface area contributed by atoms with E-state index in [0.29, 0.717) is 18.7 Å². The summed E-state index contributed by atoms with van der Waals surface area (Å²) in [7, 11) is 1.63. The molecule has 4 nitrogen and oxygen atoms in total. The monoisotopic (exact) mass is 252 g/mol. The van der Waals surface area contributed by atoms with Gasteiger partial charge in [0.25, 0.3) is 5.91 Å². The van der Waals surface area contributed by atoms with Crippen molar-refractivity contribution in [2.45, 2.75) is 19.1 Å². The number of benzene rings is 1. The maximum absolute atomic E-state index is 13.2. The van der Waals surface area contributed by atoms with Gasteiger partial charge in [-0.25, -0.2) is 4.39 Å². The molecule has 1 aliphatic heterocycles. The minimum Gasteiger partial charge on any atom is -0.390 e. The maximum Gasteiger partial charge on any atom is 0.254 e. The van der Waals surface area contributed by atoms with Gasteiger partial charge in [0.2, 0.25) is 0 Å². The van der Waals surface area contributed by atoms with Crippen molar-refractivity contribution in [1.82, 2.24) is 10.2 Å². The molecular formula is C13H17FN2O2. The van der Waals surface area contributed by atoms with Crippen LogP contribution in [0.5, 0.6) is 0 Å². The van der Waals surface area contributed by atoms with Crippen molar-refractivity contribution >= 4 is 5.91 Å². The summed E-state index contributed by atoms with van der Waals surface area (Å²) in [4.78, 5) is 13.7. The summed E-state index contributed by atoms with van der Waals surface area (Å²) in [5.74, 6) is -0.692. The summed E-state index contributed by atoms with van der Waals surface area (Å²) in [6, 6.07) is 3.89. The van der Waals surface area contributed by atoms with E-state index in [-0.39, 0.29) is 11.9 Å². The van der Waals surface area contributed by atoms with Crippen molar-refractivity contribution in [2.24, 2.45) is 0 Å². The Morgan fingerprint density at radius 3 is 2.83 bits per heavy atom. The standard InChI is InChI=1S/C13H17FN2O2/c1-8-3-4-9(14)5-10(8)13(18)16(2)11-6-15-7-12(11)17/h3-5,11-12,15,17H,6-7H2,1-2H3/t11-,12-/m0/s1. The third kappa shape index (κ3) is 2.37. The van der Waals surface area contributed by atoms with Crippen LogP contribution in [0, 0.1) is 12.7 Å². The second-order valence-electron chi connectivity index (χ2n) is 4.67. The zero-order valence-corrected chi connectivity index (χ0v) is 10.5. The van der Waals surface area contributed by atoms with Crippen molar-refractivity contribution < 1.29 is 14.3 Å². The zero-order chi connectivity index (χ0) is 13.3. The minimum absolute atomic E-state index is 0.264. The first-order valence-corrected chi connectivity index (χ1v) is 5.93. The Labute approximate surface area is 105 Å². The number of hydrogen-bond acceptors (Lipinski definition) is 3. The van der Waals surface area contributed by atoms with Gasteiger partial charge in [-0.3, -0.25) is 4.79 Å². The lowest BCUT2D eigenvalue weighted by atomic mass is 10.1. The number of aryl methyl sites for hydroxylation is 1. The lowest BCUT2D eigenvalue weighted by molar-refractivity contribution is 0.0580. The van der Waals surface area contributed by atoms with Crippen LogP contribution in [0.2, 0.25) is 0 Å². The molecule has 98 valence electrons. The predicted molar refractivity (Wildman–Crippen MR) is 65.9 cm³/mol. The van der Waals surface area contributed by atoms with Gasteiger partial charge in [-0.15, -0.1) is 0 Å². The Balaban J connectivity index is 2.22. The van der Waals surface area contributed by atoms with Gasteiger partial charge in [0, 0.05) is 25.7 Å². The number of carbonyl (C=O) groups is 1. The van der Waals surface area contributed by atoms with Crippen molar-refractivity contribution in [2.75, 3.05) is 20.1 Å². The molecule has 0 spiro atoms. The highest BCUT2D eigenvalue weighted by Gasteiger charge is 2.31. The van der Waals surface area contributed by atoms with E-state index in [9.17, 15) is 14.3 Å². The number of β-amino-alcohol motifs (C(OH)–C–C–N with tert-alkyl or cyclic N) is 1. The van der Waals surface area contributed by atoms with Gasteiger partial charge in [-0.05, 0) is 24.6 Å². The molecule has 0 aliphatic carbocycles. The molecule has 1 aliphatic rings. The number of amides is 1. The van der Waals surface area contributed by atoms with E-state index in [2.05, 4.69) is 5.32 Å². The fraction of sp³-hybridized carbons (Fsp3) is 0.462. The third-order valence-corrected chi connectivity index (χ3v) is 3.40. The van der Waals surface area contributed by atoms with Gasteiger partial charge < -0.3 is 15.3 Å². The van der Waals surface area contributed by atoms with Gasteiger partial charge in [0.1, 0.15) is 5.82 Å². The van der Waals surface area contributed by atoms with Crippen LogP contribution in [0.4, 0.5) is 4.39 Å². The van der Waals surface area contributed by atoms with Crippen LogP contribution in [-0.2, 0) is 0 Å². The molecular weight excluding hydrogens is 235 g/mol. The molecule has 2 N–H and O–H groups in total. The van der Waals surface area contributed by atoms with Gasteiger partial charge >= 0.3 is 0 Å². The summed E-state index contributed by atoms with van der Waals surface area (Å²) in [5, 5.41) is 12.8. The largest absolute Gasteiger partial charge is 0.390 e. The second-order valence-corrected chi connectivity index (χ2v) is 4.67. The van der Waals surface area contributed by atoms with E-state index in [4.69, 9.17) is 0 Å². The summed E-state index contributed by atoms with van der Waals surface area (Å²) >= 11 is 0. The number of likely N-dealkylation sites (N-methyl/N-ethyl adjacent to an activating group) is 1. The molecule has 2 atom stereocenters. The van der Waals surface area contributed by atoms with Crippen LogP contribution in [0.25, 0.3) is 0 Å². The topological polar surface area (TPSA) is 52.6 Å². The second kappa shape index (κ2) is 5.04. The van der Waals surface area contributed by atoms with E-state index >= 15 is 0 Å². The molecule has 1 heterocycles. The number of halogens is 1. The molecule has 0 unspecified atom stereocenters. The quantitative estimate of drug-likeness (QED) is 0.807. The van der Waals surface area contributed by atoms with Crippen molar-refractivity contribution in [3.63, 3.8) is 0 Å². The number of aliphatic hydroxyl groups is 1. The summed E-state index contributed by atoms with van der Waals surface area (Å²) in [5.41, 5.74) is 1.07. The lowest BCUT2D eigenvalue weighted by Gasteiger charge is -2.27. The molecule has 1 fully saturated rings. The average Bonchev–Trinajstić information content (AvgIpc) is 2.77. The minimum atomic E-state index is -0.576. The summed E-state index contributed by atoms with van der Waals surface area (Å²) < 4.78 is 13.2. The number of nitrogens with zero attached hydrogens (tertiary/aromatic N) is 1. The van der Waals surface area contributed by atoms with Crippen LogP contribution in [0.3, 0.4) is 0 Å². The highest BCUT2D eigenvalue weighted by molar-refractivity contribution is 5.95.